The first-order chi connectivity index (χ1) is 10.2. The topological polar surface area (TPSA) is 66.9 Å². The molecule has 2 aromatic rings. The van der Waals surface area contributed by atoms with Crippen LogP contribution in [0, 0.1) is 0 Å². The number of hydrogen-bond acceptors (Lipinski definition) is 4. The minimum absolute atomic E-state index is 0.126. The first kappa shape index (κ1) is 16.5. The molecule has 0 saturated heterocycles. The minimum atomic E-state index is -0.367. The Morgan fingerprint density at radius 3 is 2.32 bits per heavy atom. The van der Waals surface area contributed by atoms with Crippen molar-refractivity contribution in [2.24, 2.45) is 0 Å². The predicted octanol–water partition coefficient (Wildman–Crippen LogP) is 4.25. The molecule has 0 spiro atoms. The largest absolute Gasteiger partial charge is 0.364 e. The SMILES string of the molecule is CC(C)(C)Nc1ccc(C(=O)Nc2ccc(Cl)c(Cl)c2)nn1. The van der Waals surface area contributed by atoms with Crippen LogP contribution >= 0.6 is 23.2 Å². The van der Waals surface area contributed by atoms with E-state index in [4.69, 9.17) is 23.2 Å². The Balaban J connectivity index is 2.08. The van der Waals surface area contributed by atoms with E-state index in [2.05, 4.69) is 20.8 Å². The van der Waals surface area contributed by atoms with Crippen molar-refractivity contribution >= 4 is 40.6 Å². The Labute approximate surface area is 139 Å². The standard InChI is InChI=1S/C15H16Cl2N4O/c1-15(2,3)19-13-7-6-12(20-21-13)14(22)18-9-4-5-10(16)11(17)8-9/h4-8H,1-3H3,(H,18,22)(H,19,21). The Kier molecular flexibility index (Phi) is 4.88. The fourth-order valence-electron chi connectivity index (χ4n) is 1.67. The van der Waals surface area contributed by atoms with Gasteiger partial charge in [-0.1, -0.05) is 23.2 Å². The summed E-state index contributed by atoms with van der Waals surface area (Å²) in [6, 6.07) is 8.16. The maximum absolute atomic E-state index is 12.1. The van der Waals surface area contributed by atoms with E-state index in [0.717, 1.165) is 0 Å². The molecule has 1 heterocycles. The summed E-state index contributed by atoms with van der Waals surface area (Å²) in [5, 5.41) is 14.6. The van der Waals surface area contributed by atoms with E-state index >= 15 is 0 Å². The lowest BCUT2D eigenvalue weighted by Gasteiger charge is -2.20. The zero-order valence-corrected chi connectivity index (χ0v) is 14.0. The van der Waals surface area contributed by atoms with E-state index in [-0.39, 0.29) is 17.1 Å². The van der Waals surface area contributed by atoms with Gasteiger partial charge in [-0.3, -0.25) is 4.79 Å². The zero-order valence-electron chi connectivity index (χ0n) is 12.4. The van der Waals surface area contributed by atoms with Crippen LogP contribution in [0.25, 0.3) is 0 Å². The average Bonchev–Trinajstić information content (AvgIpc) is 2.42. The number of aromatic nitrogens is 2. The van der Waals surface area contributed by atoms with Crippen LogP contribution in [-0.2, 0) is 0 Å². The molecule has 7 heteroatoms. The maximum Gasteiger partial charge on any atom is 0.276 e. The molecule has 2 N–H and O–H groups in total. The van der Waals surface area contributed by atoms with Crippen molar-refractivity contribution in [1.82, 2.24) is 10.2 Å². The molecule has 0 radical (unpaired) electrons. The van der Waals surface area contributed by atoms with Crippen LogP contribution in [-0.4, -0.2) is 21.6 Å². The van der Waals surface area contributed by atoms with Gasteiger partial charge in [0.1, 0.15) is 5.82 Å². The number of amides is 1. The van der Waals surface area contributed by atoms with E-state index in [1.54, 1.807) is 30.3 Å². The fraction of sp³-hybridized carbons (Fsp3) is 0.267. The summed E-state index contributed by atoms with van der Waals surface area (Å²) in [5.74, 6) is 0.242. The van der Waals surface area contributed by atoms with E-state index in [1.165, 1.54) is 0 Å². The number of nitrogens with one attached hydrogen (secondary N) is 2. The zero-order chi connectivity index (χ0) is 16.3. The molecule has 0 fully saturated rings. The van der Waals surface area contributed by atoms with Gasteiger partial charge in [-0.05, 0) is 51.1 Å². The summed E-state index contributed by atoms with van der Waals surface area (Å²) in [6.07, 6.45) is 0. The van der Waals surface area contributed by atoms with Crippen molar-refractivity contribution < 1.29 is 4.79 Å². The van der Waals surface area contributed by atoms with E-state index < -0.39 is 0 Å². The molecule has 5 nitrogen and oxygen atoms in total. The van der Waals surface area contributed by atoms with E-state index in [1.807, 2.05) is 20.8 Å². The number of halogens is 2. The number of nitrogens with zero attached hydrogens (tertiary/aromatic N) is 2. The number of rotatable bonds is 3. The molecule has 22 heavy (non-hydrogen) atoms. The van der Waals surface area contributed by atoms with Crippen molar-refractivity contribution in [3.8, 4) is 0 Å². The van der Waals surface area contributed by atoms with Gasteiger partial charge in [-0.2, -0.15) is 0 Å². The van der Waals surface area contributed by atoms with E-state index in [9.17, 15) is 4.79 Å². The number of benzene rings is 1. The third-order valence-corrected chi connectivity index (χ3v) is 3.32. The fourth-order valence-corrected chi connectivity index (χ4v) is 1.97. The van der Waals surface area contributed by atoms with Gasteiger partial charge in [0.2, 0.25) is 0 Å². The molecule has 0 unspecified atom stereocenters. The lowest BCUT2D eigenvalue weighted by molar-refractivity contribution is 0.102. The summed E-state index contributed by atoms with van der Waals surface area (Å²) in [5.41, 5.74) is 0.627. The van der Waals surface area contributed by atoms with Crippen molar-refractivity contribution in [2.75, 3.05) is 10.6 Å². The molecule has 1 amide bonds. The van der Waals surface area contributed by atoms with Gasteiger partial charge in [0.15, 0.2) is 5.69 Å². The quantitative estimate of drug-likeness (QED) is 0.877. The van der Waals surface area contributed by atoms with Crippen LogP contribution in [0.4, 0.5) is 11.5 Å². The molecule has 0 aliphatic carbocycles. The van der Waals surface area contributed by atoms with Crippen LogP contribution in [0.3, 0.4) is 0 Å². The molecule has 1 aromatic carbocycles. The highest BCUT2D eigenvalue weighted by Gasteiger charge is 2.13. The highest BCUT2D eigenvalue weighted by atomic mass is 35.5. The Morgan fingerprint density at radius 2 is 1.77 bits per heavy atom. The molecular formula is C15H16Cl2N4O. The Morgan fingerprint density at radius 1 is 1.05 bits per heavy atom. The van der Waals surface area contributed by atoms with Crippen LogP contribution in [0.15, 0.2) is 30.3 Å². The summed E-state index contributed by atoms with van der Waals surface area (Å²) >= 11 is 11.7. The van der Waals surface area contributed by atoms with E-state index in [0.29, 0.717) is 21.6 Å². The van der Waals surface area contributed by atoms with Crippen molar-refractivity contribution in [2.45, 2.75) is 26.3 Å². The third kappa shape index (κ3) is 4.58. The van der Waals surface area contributed by atoms with Gasteiger partial charge < -0.3 is 10.6 Å². The highest BCUT2D eigenvalue weighted by molar-refractivity contribution is 6.42. The van der Waals surface area contributed by atoms with Gasteiger partial charge in [0.05, 0.1) is 10.0 Å². The van der Waals surface area contributed by atoms with Gasteiger partial charge >= 0.3 is 0 Å². The third-order valence-electron chi connectivity index (χ3n) is 2.58. The number of anilines is 2. The molecule has 0 saturated carbocycles. The summed E-state index contributed by atoms with van der Waals surface area (Å²) in [4.78, 5) is 12.1. The van der Waals surface area contributed by atoms with Crippen LogP contribution < -0.4 is 10.6 Å². The average molecular weight is 339 g/mol. The second-order valence-corrected chi connectivity index (χ2v) is 6.58. The van der Waals surface area contributed by atoms with Crippen molar-refractivity contribution in [3.05, 3.63) is 46.1 Å². The molecule has 1 aromatic heterocycles. The summed E-state index contributed by atoms with van der Waals surface area (Å²) in [6.45, 7) is 6.04. The van der Waals surface area contributed by atoms with Gasteiger partial charge in [-0.25, -0.2) is 0 Å². The molecule has 0 aliphatic heterocycles. The normalized spacial score (nSPS) is 11.1. The smallest absolute Gasteiger partial charge is 0.276 e. The first-order valence-corrected chi connectivity index (χ1v) is 7.38. The van der Waals surface area contributed by atoms with Crippen LogP contribution in [0.1, 0.15) is 31.3 Å². The van der Waals surface area contributed by atoms with Gasteiger partial charge in [0.25, 0.3) is 5.91 Å². The predicted molar refractivity (Wildman–Crippen MR) is 89.8 cm³/mol. The van der Waals surface area contributed by atoms with Crippen molar-refractivity contribution in [3.63, 3.8) is 0 Å². The second-order valence-electron chi connectivity index (χ2n) is 5.76. The van der Waals surface area contributed by atoms with Crippen LogP contribution in [0.5, 0.6) is 0 Å². The lowest BCUT2D eigenvalue weighted by Crippen LogP contribution is -2.27. The van der Waals surface area contributed by atoms with Gasteiger partial charge in [-0.15, -0.1) is 10.2 Å². The Bertz CT molecular complexity index is 681. The van der Waals surface area contributed by atoms with Gasteiger partial charge in [0, 0.05) is 11.2 Å². The monoisotopic (exact) mass is 338 g/mol. The molecule has 116 valence electrons. The highest BCUT2D eigenvalue weighted by Crippen LogP contribution is 2.25. The summed E-state index contributed by atoms with van der Waals surface area (Å²) < 4.78 is 0. The number of carbonyl (C=O) groups excluding carboxylic acids is 1. The first-order valence-electron chi connectivity index (χ1n) is 6.63. The molecule has 0 bridgehead atoms. The maximum atomic E-state index is 12.1. The molecule has 0 atom stereocenters. The Hall–Kier alpha value is -1.85. The summed E-state index contributed by atoms with van der Waals surface area (Å²) in [7, 11) is 0. The molecular weight excluding hydrogens is 323 g/mol. The molecule has 0 aliphatic rings. The van der Waals surface area contributed by atoms with Crippen LogP contribution in [0.2, 0.25) is 10.0 Å². The number of carbonyl (C=O) groups is 1. The second kappa shape index (κ2) is 6.50. The molecule has 2 rings (SSSR count). The van der Waals surface area contributed by atoms with Crippen molar-refractivity contribution in [1.29, 1.82) is 0 Å². The minimum Gasteiger partial charge on any atom is -0.364 e. The lowest BCUT2D eigenvalue weighted by atomic mass is 10.1. The number of hydrogen-bond donors (Lipinski definition) is 2.